The summed E-state index contributed by atoms with van der Waals surface area (Å²) in [5.41, 5.74) is -4.89. The van der Waals surface area contributed by atoms with Gasteiger partial charge in [-0.15, -0.1) is 0 Å². The van der Waals surface area contributed by atoms with Crippen molar-refractivity contribution in [1.82, 2.24) is 5.32 Å². The molecule has 1 amide bonds. The van der Waals surface area contributed by atoms with Gasteiger partial charge in [0.2, 0.25) is 0 Å². The van der Waals surface area contributed by atoms with Crippen LogP contribution < -0.4 is 5.32 Å². The van der Waals surface area contributed by atoms with Gasteiger partial charge in [-0.05, 0) is 164 Å². The maximum atomic E-state index is 15.2. The molecule has 0 aromatic heterocycles. The van der Waals surface area contributed by atoms with E-state index in [1.165, 1.54) is 14.2 Å². The average molecular weight is 1000 g/mol. The number of ether oxygens (including phenoxy) is 2. The highest BCUT2D eigenvalue weighted by atomic mass is 16.5. The molecule has 0 aliphatic heterocycles. The van der Waals surface area contributed by atoms with E-state index < -0.39 is 60.1 Å². The second-order valence-corrected chi connectivity index (χ2v) is 30.0. The first-order valence-electron chi connectivity index (χ1n) is 28.1. The number of ketones is 4. The van der Waals surface area contributed by atoms with Crippen molar-refractivity contribution in [3.05, 3.63) is 46.7 Å². The van der Waals surface area contributed by atoms with Crippen LogP contribution in [-0.2, 0) is 43.0 Å². The number of amides is 1. The van der Waals surface area contributed by atoms with Crippen LogP contribution in [0.15, 0.2) is 46.7 Å². The van der Waals surface area contributed by atoms with E-state index in [0.717, 1.165) is 62.5 Å². The third kappa shape index (κ3) is 6.48. The molecule has 398 valence electrons. The maximum Gasteiger partial charge on any atom is 0.312 e. The zero-order chi connectivity index (χ0) is 53.7. The van der Waals surface area contributed by atoms with E-state index in [1.54, 1.807) is 0 Å². The lowest BCUT2D eigenvalue weighted by Gasteiger charge is -2.69. The van der Waals surface area contributed by atoms with Gasteiger partial charge in [-0.2, -0.15) is 0 Å². The summed E-state index contributed by atoms with van der Waals surface area (Å²) in [4.78, 5) is 103. The van der Waals surface area contributed by atoms with Gasteiger partial charge in [-0.25, -0.2) is 0 Å². The molecule has 0 aromatic carbocycles. The first-order valence-corrected chi connectivity index (χ1v) is 28.1. The second kappa shape index (κ2) is 15.6. The minimum Gasteiger partial charge on any atom is -0.469 e. The third-order valence-electron chi connectivity index (χ3n) is 25.2. The Morgan fingerprint density at radius 1 is 0.507 bits per heavy atom. The lowest BCUT2D eigenvalue weighted by molar-refractivity contribution is -0.192. The zero-order valence-electron chi connectivity index (χ0n) is 47.3. The van der Waals surface area contributed by atoms with Crippen LogP contribution in [-0.4, -0.2) is 55.2 Å². The van der Waals surface area contributed by atoms with Gasteiger partial charge in [0.15, 0.2) is 23.1 Å². The molecule has 73 heavy (non-hydrogen) atoms. The minimum absolute atomic E-state index is 0.00242. The summed E-state index contributed by atoms with van der Waals surface area (Å²) in [7, 11) is 2.94. The summed E-state index contributed by atoms with van der Waals surface area (Å²) in [6.45, 7) is 30.2. The normalized spacial score (nSPS) is 46.5. The smallest absolute Gasteiger partial charge is 0.312 e. The van der Waals surface area contributed by atoms with Crippen LogP contribution in [0, 0.1) is 100 Å². The standard InChI is InChI=1S/C63H87NO9/c1-52(2)21-25-62(50(70)72-15)27-23-60(13)45(36(62)32-52)39(65)29-43-56(9)31-35(47(67)54(5,6)41(56)17-19-58(43,60)11)49(69)64-38-34-57(10)42(55(7,8)48(38)68)18-20-59(12)44(57)30-40(66)46-37-33-53(3,4)22-26-63(37,51(71)73-16)28-24-61(46,59)14/h29-31,34,36-37,41-42,45-46H,17-28,32-33H2,1-16H3,(H,64,69). The SMILES string of the molecule is COC(=O)C12CCC(C)(C)CC1C1C(=O)C=C3C4(C)C=C(NC(=O)C5=CC6(C)C7=CC(=O)C8C9CC(C)(C)CCC9(C(=O)OC)CCC8(C)C7(C)CCC6C(C)(C)C5=O)C(=O)C(C)(C)C4CCC3(C)C1(C)CC2. The van der Waals surface area contributed by atoms with Crippen LogP contribution in [0.1, 0.15) is 187 Å². The largest absolute Gasteiger partial charge is 0.469 e. The number of carbonyl (C=O) groups excluding carboxylic acids is 7. The highest BCUT2D eigenvalue weighted by molar-refractivity contribution is 6.23. The number of esters is 2. The Kier molecular flexibility index (Phi) is 11.2. The molecule has 0 heterocycles. The summed E-state index contributed by atoms with van der Waals surface area (Å²) in [6.07, 6.45) is 17.9. The Bertz CT molecular complexity index is 2690. The van der Waals surface area contributed by atoms with E-state index in [0.29, 0.717) is 38.5 Å². The Hall–Kier alpha value is -3.95. The minimum atomic E-state index is -0.982. The first-order chi connectivity index (χ1) is 33.6. The number of carbonyl (C=O) groups is 7. The number of methoxy groups -OCH3 is 2. The molecule has 10 nitrogen and oxygen atoms in total. The van der Waals surface area contributed by atoms with Crippen molar-refractivity contribution < 1.29 is 43.0 Å². The van der Waals surface area contributed by atoms with Crippen molar-refractivity contribution in [1.29, 1.82) is 0 Å². The molecule has 14 unspecified atom stereocenters. The second-order valence-electron chi connectivity index (χ2n) is 30.0. The molecule has 10 aliphatic rings. The Labute approximate surface area is 435 Å². The number of allylic oxidation sites excluding steroid dienone is 7. The van der Waals surface area contributed by atoms with E-state index in [1.807, 2.05) is 52.0 Å². The van der Waals surface area contributed by atoms with Crippen molar-refractivity contribution >= 4 is 41.0 Å². The lowest BCUT2D eigenvalue weighted by Crippen LogP contribution is -2.66. The van der Waals surface area contributed by atoms with Crippen LogP contribution in [0.25, 0.3) is 0 Å². The van der Waals surface area contributed by atoms with Crippen LogP contribution >= 0.6 is 0 Å². The number of hydrogen-bond acceptors (Lipinski definition) is 9. The fraction of sp³-hybridized carbons (Fsp3) is 0.762. The van der Waals surface area contributed by atoms with Crippen molar-refractivity contribution in [2.24, 2.45) is 100 Å². The van der Waals surface area contributed by atoms with Gasteiger partial charge in [-0.1, -0.05) is 114 Å². The van der Waals surface area contributed by atoms with Crippen LogP contribution in [0.3, 0.4) is 0 Å². The van der Waals surface area contributed by atoms with Crippen LogP contribution in [0.2, 0.25) is 0 Å². The molecule has 0 aromatic rings. The number of Topliss-reactive ketones (excluding diaryl/α,β-unsaturated/α-hetero) is 2. The van der Waals surface area contributed by atoms with E-state index in [9.17, 15) is 19.2 Å². The monoisotopic (exact) mass is 1000 g/mol. The number of nitrogens with one attached hydrogen (secondary N) is 1. The molecule has 14 atom stereocenters. The fourth-order valence-electron chi connectivity index (χ4n) is 20.7. The van der Waals surface area contributed by atoms with Crippen LogP contribution in [0.5, 0.6) is 0 Å². The van der Waals surface area contributed by atoms with Gasteiger partial charge in [-0.3, -0.25) is 33.6 Å². The molecule has 0 radical (unpaired) electrons. The number of hydrogen-bond donors (Lipinski definition) is 1. The Balaban J connectivity index is 1.03. The molecule has 10 heteroatoms. The van der Waals surface area contributed by atoms with Gasteiger partial charge in [0.25, 0.3) is 5.91 Å². The molecule has 0 saturated heterocycles. The molecular formula is C63H87NO9. The molecule has 10 aliphatic carbocycles. The third-order valence-corrected chi connectivity index (χ3v) is 25.2. The highest BCUT2D eigenvalue weighted by Gasteiger charge is 2.74. The number of fused-ring (bicyclic) bond motifs is 14. The summed E-state index contributed by atoms with van der Waals surface area (Å²) in [6, 6.07) is 0. The van der Waals surface area contributed by atoms with E-state index in [-0.39, 0.29) is 92.7 Å². The predicted molar refractivity (Wildman–Crippen MR) is 279 cm³/mol. The van der Waals surface area contributed by atoms with Crippen LogP contribution in [0.4, 0.5) is 0 Å². The summed E-state index contributed by atoms with van der Waals surface area (Å²) in [5, 5.41) is 3.08. The summed E-state index contributed by atoms with van der Waals surface area (Å²) >= 11 is 0. The first kappa shape index (κ1) is 52.5. The molecular weight excluding hydrogens is 915 g/mol. The number of rotatable bonds is 4. The van der Waals surface area contributed by atoms with Crippen molar-refractivity contribution in [3.8, 4) is 0 Å². The summed E-state index contributed by atoms with van der Waals surface area (Å²) in [5.74, 6) is -2.90. The average Bonchev–Trinajstić information content (AvgIpc) is 3.30. The molecule has 1 N–H and O–H groups in total. The molecule has 0 bridgehead atoms. The maximum absolute atomic E-state index is 15.2. The van der Waals surface area contributed by atoms with Gasteiger partial charge in [0, 0.05) is 33.5 Å². The fourth-order valence-corrected chi connectivity index (χ4v) is 20.7. The molecule has 10 rings (SSSR count). The van der Waals surface area contributed by atoms with Gasteiger partial charge >= 0.3 is 11.9 Å². The highest BCUT2D eigenvalue weighted by Crippen LogP contribution is 2.77. The predicted octanol–water partition coefficient (Wildman–Crippen LogP) is 11.8. The van der Waals surface area contributed by atoms with Crippen molar-refractivity contribution in [2.75, 3.05) is 14.2 Å². The van der Waals surface area contributed by atoms with Crippen molar-refractivity contribution in [2.45, 2.75) is 187 Å². The molecule has 0 spiro atoms. The summed E-state index contributed by atoms with van der Waals surface area (Å²) < 4.78 is 11.1. The van der Waals surface area contributed by atoms with Gasteiger partial charge in [0.05, 0.1) is 36.3 Å². The topological polar surface area (TPSA) is 150 Å². The van der Waals surface area contributed by atoms with Gasteiger partial charge in [0.1, 0.15) is 0 Å². The Morgan fingerprint density at radius 2 is 0.890 bits per heavy atom. The Morgan fingerprint density at radius 3 is 1.30 bits per heavy atom. The zero-order valence-corrected chi connectivity index (χ0v) is 47.3. The van der Waals surface area contributed by atoms with E-state index >= 15 is 14.4 Å². The quantitative estimate of drug-likeness (QED) is 0.214. The lowest BCUT2D eigenvalue weighted by atomic mass is 9.34. The van der Waals surface area contributed by atoms with E-state index in [4.69, 9.17) is 9.47 Å². The van der Waals surface area contributed by atoms with Gasteiger partial charge < -0.3 is 14.8 Å². The van der Waals surface area contributed by atoms with Crippen molar-refractivity contribution in [3.63, 3.8) is 0 Å². The molecule has 6 fully saturated rings. The van der Waals surface area contributed by atoms with E-state index in [2.05, 4.69) is 74.6 Å². The molecule has 6 saturated carbocycles.